The average molecular weight is 431 g/mol. The largest absolute Gasteiger partial charge is 0.495 e. The van der Waals surface area contributed by atoms with Crippen molar-refractivity contribution in [3.05, 3.63) is 45.5 Å². The zero-order chi connectivity index (χ0) is 21.3. The van der Waals surface area contributed by atoms with Crippen LogP contribution in [0, 0.1) is 0 Å². The third-order valence-electron chi connectivity index (χ3n) is 4.25. The molecule has 0 aromatic carbocycles. The van der Waals surface area contributed by atoms with Crippen molar-refractivity contribution in [2.45, 2.75) is 24.5 Å². The monoisotopic (exact) mass is 431 g/mol. The summed E-state index contributed by atoms with van der Waals surface area (Å²) in [5.74, 6) is 0.363. The molecular formula is C15H18N3O10P. The minimum absolute atomic E-state index is 0.0104. The van der Waals surface area contributed by atoms with Crippen molar-refractivity contribution in [3.63, 3.8) is 0 Å². The van der Waals surface area contributed by atoms with Crippen LogP contribution in [0.5, 0.6) is 5.75 Å². The van der Waals surface area contributed by atoms with Crippen molar-refractivity contribution < 1.29 is 38.6 Å². The fourth-order valence-electron chi connectivity index (χ4n) is 2.82. The van der Waals surface area contributed by atoms with Crippen molar-refractivity contribution in [1.29, 1.82) is 0 Å². The van der Waals surface area contributed by atoms with Gasteiger partial charge in [0.1, 0.15) is 24.1 Å². The third-order valence-corrected chi connectivity index (χ3v) is 4.73. The molecule has 1 saturated heterocycles. The summed E-state index contributed by atoms with van der Waals surface area (Å²) < 4.78 is 26.4. The van der Waals surface area contributed by atoms with Crippen LogP contribution in [0.25, 0.3) is 11.1 Å². The number of methoxy groups -OCH3 is 1. The summed E-state index contributed by atoms with van der Waals surface area (Å²) in [5, 5.41) is 20.3. The molecule has 0 amide bonds. The van der Waals surface area contributed by atoms with Crippen molar-refractivity contribution in [2.75, 3.05) is 13.7 Å². The van der Waals surface area contributed by atoms with Crippen LogP contribution in [-0.4, -0.2) is 66.6 Å². The summed E-state index contributed by atoms with van der Waals surface area (Å²) in [7, 11) is -3.42. The molecule has 0 aliphatic carbocycles. The van der Waals surface area contributed by atoms with Gasteiger partial charge in [-0.25, -0.2) is 9.36 Å². The Labute approximate surface area is 162 Å². The van der Waals surface area contributed by atoms with Crippen LogP contribution in [0.3, 0.4) is 0 Å². The Hall–Kier alpha value is -2.38. The van der Waals surface area contributed by atoms with Crippen molar-refractivity contribution >= 4 is 7.82 Å². The predicted octanol–water partition coefficient (Wildman–Crippen LogP) is -1.66. The second-order valence-corrected chi connectivity index (χ2v) is 7.39. The van der Waals surface area contributed by atoms with Crippen LogP contribution in [0.1, 0.15) is 6.23 Å². The molecule has 13 nitrogen and oxygen atoms in total. The van der Waals surface area contributed by atoms with E-state index in [1.807, 2.05) is 0 Å². The number of nitrogens with zero attached hydrogens (tertiary/aromatic N) is 2. The molecule has 2 aromatic heterocycles. The number of hydrogen-bond donors (Lipinski definition) is 5. The predicted molar refractivity (Wildman–Crippen MR) is 95.0 cm³/mol. The number of aliphatic hydroxyl groups excluding tert-OH is 2. The highest BCUT2D eigenvalue weighted by molar-refractivity contribution is 7.46. The van der Waals surface area contributed by atoms with Gasteiger partial charge in [0.15, 0.2) is 6.23 Å². The van der Waals surface area contributed by atoms with E-state index < -0.39 is 50.2 Å². The van der Waals surface area contributed by atoms with Gasteiger partial charge in [0.25, 0.3) is 5.56 Å². The number of rotatable bonds is 6. The topological polar surface area (TPSA) is 193 Å². The third kappa shape index (κ3) is 4.62. The minimum atomic E-state index is -4.84. The number of aromatic amines is 1. The highest BCUT2D eigenvalue weighted by atomic mass is 31.2. The lowest BCUT2D eigenvalue weighted by Gasteiger charge is -2.18. The van der Waals surface area contributed by atoms with Gasteiger partial charge >= 0.3 is 13.5 Å². The number of ether oxygens (including phenoxy) is 2. The van der Waals surface area contributed by atoms with E-state index in [-0.39, 0.29) is 5.56 Å². The van der Waals surface area contributed by atoms with E-state index in [2.05, 4.69) is 14.5 Å². The number of nitrogens with one attached hydrogen (secondary N) is 1. The standard InChI is InChI=1S/C15H18N3O10P/c1-26-8-2-7(3-16-4-8)9-5-18(15(22)17-13(9)21)14-12(20)11(19)10(28-14)6-27-29(23,24)25/h2-5,10-12,14,19-20H,6H2,1H3,(H,17,21,22)(H2,23,24,25)/t10-,11-,12-,14-/m1/s1. The molecule has 4 atom stereocenters. The first-order valence-electron chi connectivity index (χ1n) is 8.17. The summed E-state index contributed by atoms with van der Waals surface area (Å²) in [5.41, 5.74) is -1.33. The SMILES string of the molecule is COc1cncc(-c2cn([C@@H]3O[C@H](COP(=O)(O)O)[C@@H](O)[C@H]3O)c(=O)[nH]c2=O)c1. The number of phosphoric ester groups is 1. The first kappa shape index (κ1) is 21.3. The van der Waals surface area contributed by atoms with E-state index in [0.29, 0.717) is 11.3 Å². The maximum Gasteiger partial charge on any atom is 0.469 e. The molecule has 0 bridgehead atoms. The molecule has 0 spiro atoms. The Morgan fingerprint density at radius 3 is 2.66 bits per heavy atom. The fraction of sp³-hybridized carbons (Fsp3) is 0.400. The second-order valence-electron chi connectivity index (χ2n) is 6.16. The second kappa shape index (κ2) is 8.16. The van der Waals surface area contributed by atoms with Gasteiger partial charge in [0.05, 0.1) is 25.5 Å². The van der Waals surface area contributed by atoms with Gasteiger partial charge < -0.3 is 29.5 Å². The highest BCUT2D eigenvalue weighted by Gasteiger charge is 2.45. The highest BCUT2D eigenvalue weighted by Crippen LogP contribution is 2.38. The van der Waals surface area contributed by atoms with E-state index in [0.717, 1.165) is 10.8 Å². The van der Waals surface area contributed by atoms with Gasteiger partial charge in [0, 0.05) is 18.0 Å². The molecular weight excluding hydrogens is 413 g/mol. The molecule has 3 heterocycles. The van der Waals surface area contributed by atoms with Gasteiger partial charge in [0.2, 0.25) is 0 Å². The molecule has 1 aliphatic rings. The Bertz CT molecular complexity index is 1050. The van der Waals surface area contributed by atoms with Crippen molar-refractivity contribution in [3.8, 4) is 16.9 Å². The first-order chi connectivity index (χ1) is 13.6. The summed E-state index contributed by atoms with van der Waals surface area (Å²) in [6.07, 6.45) is -2.13. The number of aromatic nitrogens is 3. The molecule has 2 aromatic rings. The molecule has 0 unspecified atom stereocenters. The van der Waals surface area contributed by atoms with Gasteiger partial charge in [-0.15, -0.1) is 0 Å². The van der Waals surface area contributed by atoms with Gasteiger partial charge in [-0.05, 0) is 6.07 Å². The Balaban J connectivity index is 1.95. The van der Waals surface area contributed by atoms with Crippen LogP contribution in [0.2, 0.25) is 0 Å². The zero-order valence-electron chi connectivity index (χ0n) is 14.9. The minimum Gasteiger partial charge on any atom is -0.495 e. The number of phosphoric acid groups is 1. The van der Waals surface area contributed by atoms with E-state index in [1.165, 1.54) is 25.6 Å². The van der Waals surface area contributed by atoms with Crippen molar-refractivity contribution in [2.24, 2.45) is 0 Å². The zero-order valence-corrected chi connectivity index (χ0v) is 15.8. The van der Waals surface area contributed by atoms with Crippen LogP contribution < -0.4 is 16.0 Å². The van der Waals surface area contributed by atoms with Crippen LogP contribution in [0.15, 0.2) is 34.2 Å². The molecule has 1 aliphatic heterocycles. The molecule has 3 rings (SSSR count). The van der Waals surface area contributed by atoms with E-state index >= 15 is 0 Å². The Morgan fingerprint density at radius 2 is 2.00 bits per heavy atom. The van der Waals surface area contributed by atoms with E-state index in [4.69, 9.17) is 19.3 Å². The summed E-state index contributed by atoms with van der Waals surface area (Å²) >= 11 is 0. The van der Waals surface area contributed by atoms with Crippen LogP contribution in [0.4, 0.5) is 0 Å². The summed E-state index contributed by atoms with van der Waals surface area (Å²) in [4.78, 5) is 48.0. The normalized spacial score (nSPS) is 24.6. The van der Waals surface area contributed by atoms with E-state index in [1.54, 1.807) is 0 Å². The van der Waals surface area contributed by atoms with Gasteiger partial charge in [-0.1, -0.05) is 0 Å². The number of H-pyrrole nitrogens is 1. The van der Waals surface area contributed by atoms with Crippen molar-refractivity contribution in [1.82, 2.24) is 14.5 Å². The maximum absolute atomic E-state index is 12.2. The summed E-state index contributed by atoms with van der Waals surface area (Å²) in [6, 6.07) is 1.50. The lowest BCUT2D eigenvalue weighted by atomic mass is 10.1. The van der Waals surface area contributed by atoms with Crippen LogP contribution in [-0.2, 0) is 13.8 Å². The number of hydrogen-bond acceptors (Lipinski definition) is 9. The molecule has 29 heavy (non-hydrogen) atoms. The molecule has 158 valence electrons. The van der Waals surface area contributed by atoms with E-state index in [9.17, 15) is 24.4 Å². The fourth-order valence-corrected chi connectivity index (χ4v) is 3.17. The lowest BCUT2D eigenvalue weighted by Crippen LogP contribution is -2.38. The Morgan fingerprint density at radius 1 is 1.28 bits per heavy atom. The number of aliphatic hydroxyl groups is 2. The molecule has 1 fully saturated rings. The average Bonchev–Trinajstić information content (AvgIpc) is 2.94. The molecule has 0 saturated carbocycles. The molecule has 14 heteroatoms. The number of pyridine rings is 1. The molecule has 0 radical (unpaired) electrons. The van der Waals surface area contributed by atoms with Gasteiger partial charge in [-0.2, -0.15) is 0 Å². The summed E-state index contributed by atoms with van der Waals surface area (Å²) in [6.45, 7) is -0.732. The molecule has 5 N–H and O–H groups in total. The lowest BCUT2D eigenvalue weighted by molar-refractivity contribution is -0.0542. The van der Waals surface area contributed by atoms with Gasteiger partial charge in [-0.3, -0.25) is 23.9 Å². The quantitative estimate of drug-likeness (QED) is 0.329. The van der Waals surface area contributed by atoms with Crippen LogP contribution >= 0.6 is 7.82 Å². The Kier molecular flexibility index (Phi) is 6.00. The maximum atomic E-state index is 12.2. The smallest absolute Gasteiger partial charge is 0.469 e. The first-order valence-corrected chi connectivity index (χ1v) is 9.70.